The van der Waals surface area contributed by atoms with Crippen molar-refractivity contribution in [3.05, 3.63) is 52.4 Å². The van der Waals surface area contributed by atoms with Gasteiger partial charge in [0, 0.05) is 61.5 Å². The first-order valence-corrected chi connectivity index (χ1v) is 16.5. The van der Waals surface area contributed by atoms with E-state index in [9.17, 15) is 18.0 Å². The highest BCUT2D eigenvalue weighted by Gasteiger charge is 2.29. The predicted octanol–water partition coefficient (Wildman–Crippen LogP) is 3.75. The Morgan fingerprint density at radius 2 is 1.74 bits per heavy atom. The zero-order chi connectivity index (χ0) is 30.0. The topological polar surface area (TPSA) is 130 Å². The number of carbonyl (C=O) groups excluding carboxylic acids is 1. The molecule has 2 aliphatic rings. The quantitative estimate of drug-likeness (QED) is 0.426. The van der Waals surface area contributed by atoms with Crippen LogP contribution in [0.15, 0.2) is 41.3 Å². The lowest BCUT2D eigenvalue weighted by molar-refractivity contribution is 0.169. The van der Waals surface area contributed by atoms with Crippen molar-refractivity contribution in [2.75, 3.05) is 37.2 Å². The van der Waals surface area contributed by atoms with Crippen LogP contribution in [0.4, 0.5) is 10.7 Å². The van der Waals surface area contributed by atoms with Gasteiger partial charge in [0.25, 0.3) is 5.56 Å². The second-order valence-electron chi connectivity index (χ2n) is 11.6. The van der Waals surface area contributed by atoms with Gasteiger partial charge in [0.15, 0.2) is 0 Å². The molecule has 5 rings (SSSR count). The van der Waals surface area contributed by atoms with E-state index in [4.69, 9.17) is 4.98 Å². The van der Waals surface area contributed by atoms with Crippen LogP contribution in [0.3, 0.4) is 0 Å². The Morgan fingerprint density at radius 3 is 2.38 bits per heavy atom. The molecule has 42 heavy (non-hydrogen) atoms. The summed E-state index contributed by atoms with van der Waals surface area (Å²) < 4.78 is 27.9. The van der Waals surface area contributed by atoms with E-state index in [0.29, 0.717) is 69.0 Å². The van der Waals surface area contributed by atoms with E-state index in [0.717, 1.165) is 16.5 Å². The Bertz CT molecular complexity index is 1610. The molecule has 2 N–H and O–H groups in total. The third-order valence-electron chi connectivity index (χ3n) is 8.28. The molecule has 2 amide bonds. The highest BCUT2D eigenvalue weighted by Crippen LogP contribution is 2.29. The van der Waals surface area contributed by atoms with E-state index in [1.807, 2.05) is 56.0 Å². The number of nitrogens with zero attached hydrogens (tertiary/aromatic N) is 5. The fourth-order valence-corrected chi connectivity index (χ4v) is 7.04. The molecule has 0 unspecified atom stereocenters. The number of benzene rings is 1. The first-order valence-electron chi connectivity index (χ1n) is 14.9. The Hall–Kier alpha value is -3.51. The van der Waals surface area contributed by atoms with Crippen LogP contribution in [0.1, 0.15) is 58.1 Å². The van der Waals surface area contributed by atoms with Gasteiger partial charge in [-0.3, -0.25) is 9.36 Å². The van der Waals surface area contributed by atoms with Gasteiger partial charge in [-0.1, -0.05) is 24.3 Å². The van der Waals surface area contributed by atoms with Crippen LogP contribution in [-0.2, 0) is 10.0 Å². The molecule has 0 spiro atoms. The summed E-state index contributed by atoms with van der Waals surface area (Å²) in [5, 5.41) is 7.11. The lowest BCUT2D eigenvalue weighted by Gasteiger charge is -2.34. The van der Waals surface area contributed by atoms with Crippen molar-refractivity contribution < 1.29 is 13.2 Å². The monoisotopic (exact) mass is 595 g/mol. The first kappa shape index (κ1) is 30.0. The van der Waals surface area contributed by atoms with Crippen LogP contribution >= 0.6 is 0 Å². The fraction of sp³-hybridized carbons (Fsp3) is 0.533. The van der Waals surface area contributed by atoms with Crippen LogP contribution in [0.25, 0.3) is 22.2 Å². The van der Waals surface area contributed by atoms with Gasteiger partial charge >= 0.3 is 6.03 Å². The maximum atomic E-state index is 14.2. The molecule has 3 aromatic rings. The van der Waals surface area contributed by atoms with E-state index in [1.165, 1.54) is 0 Å². The van der Waals surface area contributed by atoms with Crippen LogP contribution in [-0.4, -0.2) is 82.2 Å². The van der Waals surface area contributed by atoms with Crippen molar-refractivity contribution in [1.29, 1.82) is 0 Å². The Balaban J connectivity index is 1.46. The standard InChI is InChI=1S/C30H41N7O4S/c1-5-42(40,41)36-16-10-23(11-17-36)33-29-31-19-22-18-26(25-9-7-6-8-21(25)4)28(38)37(27(22)34-29)24-12-14-35(15-13-24)30(39)32-20(2)3/h6-9,18-20,23-24H,5,10-17H2,1-4H3,(H,32,39)(H,31,33,34). The SMILES string of the molecule is CCS(=O)(=O)N1CCC(Nc2ncc3cc(-c4ccccc4C)c(=O)n(C4CCN(C(=O)NC(C)C)CC4)c3n2)CC1. The number of urea groups is 1. The number of anilines is 1. The maximum absolute atomic E-state index is 14.2. The van der Waals surface area contributed by atoms with Crippen molar-refractivity contribution in [2.24, 2.45) is 0 Å². The smallest absolute Gasteiger partial charge is 0.317 e. The lowest BCUT2D eigenvalue weighted by Crippen LogP contribution is -2.47. The summed E-state index contributed by atoms with van der Waals surface area (Å²) in [5.74, 6) is 0.521. The molecule has 2 aromatic heterocycles. The summed E-state index contributed by atoms with van der Waals surface area (Å²) in [7, 11) is -3.21. The number of pyridine rings is 1. The number of likely N-dealkylation sites (tertiary alicyclic amines) is 1. The van der Waals surface area contributed by atoms with E-state index < -0.39 is 10.0 Å². The fourth-order valence-electron chi connectivity index (χ4n) is 5.91. The minimum atomic E-state index is -3.21. The van der Waals surface area contributed by atoms with Crippen molar-refractivity contribution in [3.63, 3.8) is 0 Å². The van der Waals surface area contributed by atoms with Gasteiger partial charge in [0.2, 0.25) is 16.0 Å². The molecular formula is C30H41N7O4S. The van der Waals surface area contributed by atoms with Gasteiger partial charge in [-0.25, -0.2) is 22.5 Å². The van der Waals surface area contributed by atoms with Crippen LogP contribution in [0.5, 0.6) is 0 Å². The molecule has 4 heterocycles. The number of amides is 2. The first-order chi connectivity index (χ1) is 20.1. The number of sulfonamides is 1. The number of nitrogens with one attached hydrogen (secondary N) is 2. The van der Waals surface area contributed by atoms with E-state index >= 15 is 0 Å². The van der Waals surface area contributed by atoms with E-state index in [1.54, 1.807) is 22.0 Å². The highest BCUT2D eigenvalue weighted by molar-refractivity contribution is 7.89. The molecule has 12 heteroatoms. The molecule has 0 saturated carbocycles. The normalized spacial score (nSPS) is 17.6. The molecule has 2 aliphatic heterocycles. The van der Waals surface area contributed by atoms with Gasteiger partial charge in [-0.15, -0.1) is 0 Å². The number of carbonyl (C=O) groups is 1. The number of aryl methyl sites for hydroxylation is 1. The Kier molecular flexibility index (Phi) is 8.84. The van der Waals surface area contributed by atoms with E-state index in [-0.39, 0.29) is 35.5 Å². The molecule has 1 aromatic carbocycles. The summed E-state index contributed by atoms with van der Waals surface area (Å²) in [5.41, 5.74) is 2.95. The highest BCUT2D eigenvalue weighted by atomic mass is 32.2. The number of rotatable bonds is 7. The third kappa shape index (κ3) is 6.29. The van der Waals surface area contributed by atoms with Crippen LogP contribution in [0, 0.1) is 6.92 Å². The van der Waals surface area contributed by atoms with Gasteiger partial charge in [-0.2, -0.15) is 4.98 Å². The summed E-state index contributed by atoms with van der Waals surface area (Å²) in [4.78, 5) is 38.1. The summed E-state index contributed by atoms with van der Waals surface area (Å²) in [6.45, 7) is 9.53. The zero-order valence-corrected chi connectivity index (χ0v) is 25.7. The third-order valence-corrected chi connectivity index (χ3v) is 10.2. The average molecular weight is 596 g/mol. The van der Waals surface area contributed by atoms with Gasteiger partial charge < -0.3 is 15.5 Å². The molecule has 0 aliphatic carbocycles. The van der Waals surface area contributed by atoms with Gasteiger partial charge in [0.1, 0.15) is 5.65 Å². The Morgan fingerprint density at radius 1 is 1.05 bits per heavy atom. The average Bonchev–Trinajstić information content (AvgIpc) is 2.97. The summed E-state index contributed by atoms with van der Waals surface area (Å²) >= 11 is 0. The van der Waals surface area contributed by atoms with Crippen molar-refractivity contribution >= 4 is 33.0 Å². The largest absolute Gasteiger partial charge is 0.351 e. The van der Waals surface area contributed by atoms with Crippen LogP contribution in [0.2, 0.25) is 0 Å². The maximum Gasteiger partial charge on any atom is 0.317 e. The number of aromatic nitrogens is 3. The molecule has 226 valence electrons. The minimum absolute atomic E-state index is 0.0277. The molecule has 11 nitrogen and oxygen atoms in total. The Labute approximate surface area is 247 Å². The van der Waals surface area contributed by atoms with Crippen molar-refractivity contribution in [3.8, 4) is 11.1 Å². The number of piperidine rings is 2. The molecule has 0 atom stereocenters. The minimum Gasteiger partial charge on any atom is -0.351 e. The molecule has 0 bridgehead atoms. The number of hydrogen-bond acceptors (Lipinski definition) is 7. The number of hydrogen-bond donors (Lipinski definition) is 2. The van der Waals surface area contributed by atoms with Crippen molar-refractivity contribution in [1.82, 2.24) is 29.1 Å². The zero-order valence-electron chi connectivity index (χ0n) is 24.8. The van der Waals surface area contributed by atoms with Gasteiger partial charge in [-0.05, 0) is 70.6 Å². The second-order valence-corrected chi connectivity index (χ2v) is 13.8. The van der Waals surface area contributed by atoms with Crippen molar-refractivity contribution in [2.45, 2.75) is 71.5 Å². The van der Waals surface area contributed by atoms with Crippen LogP contribution < -0.4 is 16.2 Å². The summed E-state index contributed by atoms with van der Waals surface area (Å²) in [6, 6.07) is 9.59. The van der Waals surface area contributed by atoms with E-state index in [2.05, 4.69) is 15.6 Å². The predicted molar refractivity (Wildman–Crippen MR) is 165 cm³/mol. The van der Waals surface area contributed by atoms with Gasteiger partial charge in [0.05, 0.1) is 5.75 Å². The molecule has 2 saturated heterocycles. The lowest BCUT2D eigenvalue weighted by atomic mass is 9.99. The molecular weight excluding hydrogens is 554 g/mol. The molecule has 2 fully saturated rings. The number of fused-ring (bicyclic) bond motifs is 1. The summed E-state index contributed by atoms with van der Waals surface area (Å²) in [6.07, 6.45) is 4.32. The molecule has 0 radical (unpaired) electrons. The second kappa shape index (κ2) is 12.4.